The highest BCUT2D eigenvalue weighted by molar-refractivity contribution is 9.09. The zero-order valence-corrected chi connectivity index (χ0v) is 13.8. The molecular formula is C15H12BrFS2. The molecule has 0 N–H and O–H groups in total. The molecule has 3 aromatic rings. The Kier molecular flexibility index (Phi) is 3.50. The summed E-state index contributed by atoms with van der Waals surface area (Å²) >= 11 is 7.24. The summed E-state index contributed by atoms with van der Waals surface area (Å²) in [7, 11) is 0. The number of rotatable bonds is 2. The summed E-state index contributed by atoms with van der Waals surface area (Å²) in [6.07, 6.45) is 0. The Morgan fingerprint density at radius 3 is 2.58 bits per heavy atom. The summed E-state index contributed by atoms with van der Waals surface area (Å²) < 4.78 is 14.2. The molecule has 0 aliphatic rings. The van der Waals surface area contributed by atoms with E-state index in [1.54, 1.807) is 17.4 Å². The minimum atomic E-state index is -0.172. The van der Waals surface area contributed by atoms with Gasteiger partial charge in [0.25, 0.3) is 0 Å². The maximum absolute atomic E-state index is 13.2. The Bertz CT molecular complexity index is 742. The van der Waals surface area contributed by atoms with E-state index in [-0.39, 0.29) is 10.6 Å². The molecule has 0 aliphatic carbocycles. The molecule has 1 aromatic carbocycles. The lowest BCUT2D eigenvalue weighted by atomic mass is 10.1. The lowest BCUT2D eigenvalue weighted by molar-refractivity contribution is 0.630. The number of halogens is 2. The van der Waals surface area contributed by atoms with Gasteiger partial charge in [-0.2, -0.15) is 0 Å². The van der Waals surface area contributed by atoms with Gasteiger partial charge in [-0.25, -0.2) is 4.39 Å². The molecule has 0 amide bonds. The van der Waals surface area contributed by atoms with E-state index in [1.165, 1.54) is 26.3 Å². The van der Waals surface area contributed by atoms with Gasteiger partial charge >= 0.3 is 0 Å². The maximum atomic E-state index is 13.2. The van der Waals surface area contributed by atoms with Crippen molar-refractivity contribution in [2.75, 3.05) is 0 Å². The number of thiophene rings is 2. The van der Waals surface area contributed by atoms with Crippen LogP contribution in [0.1, 0.15) is 25.0 Å². The lowest BCUT2D eigenvalue weighted by Gasteiger charge is -2.06. The Morgan fingerprint density at radius 2 is 1.89 bits per heavy atom. The van der Waals surface area contributed by atoms with Gasteiger partial charge in [0.15, 0.2) is 0 Å². The first-order valence-corrected chi connectivity index (χ1v) is 8.49. The highest BCUT2D eigenvalue weighted by atomic mass is 79.9. The van der Waals surface area contributed by atoms with Crippen LogP contribution in [-0.2, 0) is 0 Å². The molecular weight excluding hydrogens is 343 g/mol. The second-order valence-corrected chi connectivity index (χ2v) is 8.05. The van der Waals surface area contributed by atoms with Gasteiger partial charge in [0.05, 0.1) is 4.83 Å². The van der Waals surface area contributed by atoms with E-state index in [1.807, 2.05) is 17.4 Å². The van der Waals surface area contributed by atoms with Crippen LogP contribution in [0.5, 0.6) is 0 Å². The lowest BCUT2D eigenvalue weighted by Crippen LogP contribution is -1.88. The predicted octanol–water partition coefficient (Wildman–Crippen LogP) is 6.20. The molecule has 3 rings (SSSR count). The van der Waals surface area contributed by atoms with Crippen molar-refractivity contribution in [2.24, 2.45) is 0 Å². The number of aryl methyl sites for hydroxylation is 2. The summed E-state index contributed by atoms with van der Waals surface area (Å²) in [5.41, 5.74) is 1.31. The summed E-state index contributed by atoms with van der Waals surface area (Å²) in [6, 6.07) is 9.34. The van der Waals surface area contributed by atoms with E-state index in [2.05, 4.69) is 41.9 Å². The quantitative estimate of drug-likeness (QED) is 0.480. The van der Waals surface area contributed by atoms with Crippen LogP contribution in [0.4, 0.5) is 4.39 Å². The van der Waals surface area contributed by atoms with Crippen molar-refractivity contribution >= 4 is 48.7 Å². The van der Waals surface area contributed by atoms with Gasteiger partial charge in [-0.05, 0) is 49.1 Å². The van der Waals surface area contributed by atoms with Gasteiger partial charge in [0, 0.05) is 19.3 Å². The molecule has 0 nitrogen and oxygen atoms in total. The molecule has 4 heteroatoms. The number of hydrogen-bond acceptors (Lipinski definition) is 2. The summed E-state index contributed by atoms with van der Waals surface area (Å²) in [4.78, 5) is 4.08. The molecule has 1 atom stereocenters. The molecule has 0 bridgehead atoms. The van der Waals surface area contributed by atoms with E-state index in [0.717, 1.165) is 10.1 Å². The minimum absolute atomic E-state index is 0.172. The highest BCUT2D eigenvalue weighted by Gasteiger charge is 2.17. The average Bonchev–Trinajstić information content (AvgIpc) is 2.91. The van der Waals surface area contributed by atoms with Crippen LogP contribution >= 0.6 is 38.6 Å². The molecule has 2 aromatic heterocycles. The van der Waals surface area contributed by atoms with E-state index in [4.69, 9.17) is 0 Å². The van der Waals surface area contributed by atoms with E-state index in [9.17, 15) is 4.39 Å². The van der Waals surface area contributed by atoms with Gasteiger partial charge in [-0.15, -0.1) is 22.7 Å². The summed E-state index contributed by atoms with van der Waals surface area (Å²) in [5, 5.41) is 1.11. The number of alkyl halides is 1. The zero-order valence-electron chi connectivity index (χ0n) is 10.5. The third kappa shape index (κ3) is 2.49. The normalized spacial score (nSPS) is 13.1. The number of benzene rings is 1. The van der Waals surface area contributed by atoms with Crippen LogP contribution < -0.4 is 0 Å². The molecule has 0 saturated heterocycles. The fourth-order valence-corrected chi connectivity index (χ4v) is 5.30. The largest absolute Gasteiger partial charge is 0.207 e. The second kappa shape index (κ2) is 5.00. The Balaban J connectivity index is 2.06. The molecule has 2 heterocycles. The van der Waals surface area contributed by atoms with Crippen LogP contribution in [0, 0.1) is 19.7 Å². The Labute approximate surface area is 128 Å². The van der Waals surface area contributed by atoms with Crippen LogP contribution in [-0.4, -0.2) is 0 Å². The summed E-state index contributed by atoms with van der Waals surface area (Å²) in [5.74, 6) is -0.172. The molecule has 1 unspecified atom stereocenters. The van der Waals surface area contributed by atoms with E-state index in [0.29, 0.717) is 0 Å². The Morgan fingerprint density at radius 1 is 1.11 bits per heavy atom. The fraction of sp³-hybridized carbons (Fsp3) is 0.200. The molecule has 0 saturated carbocycles. The standard InChI is InChI=1S/C15H12BrFS2/c1-8-5-12(9(2)18-8)15(16)14-6-10-3-4-11(17)7-13(10)19-14/h3-7,15H,1-2H3. The van der Waals surface area contributed by atoms with E-state index >= 15 is 0 Å². The van der Waals surface area contributed by atoms with Crippen LogP contribution in [0.25, 0.3) is 10.1 Å². The van der Waals surface area contributed by atoms with Gasteiger partial charge < -0.3 is 0 Å². The maximum Gasteiger partial charge on any atom is 0.124 e. The van der Waals surface area contributed by atoms with Crippen molar-refractivity contribution in [1.29, 1.82) is 0 Å². The molecule has 0 spiro atoms. The van der Waals surface area contributed by atoms with Crippen molar-refractivity contribution in [3.8, 4) is 0 Å². The van der Waals surface area contributed by atoms with Crippen molar-refractivity contribution in [3.05, 3.63) is 56.3 Å². The van der Waals surface area contributed by atoms with Gasteiger partial charge in [0.2, 0.25) is 0 Å². The average molecular weight is 355 g/mol. The molecule has 98 valence electrons. The van der Waals surface area contributed by atoms with Crippen molar-refractivity contribution in [1.82, 2.24) is 0 Å². The monoisotopic (exact) mass is 354 g/mol. The third-order valence-electron chi connectivity index (χ3n) is 3.10. The predicted molar refractivity (Wildman–Crippen MR) is 86.3 cm³/mol. The van der Waals surface area contributed by atoms with Crippen molar-refractivity contribution in [2.45, 2.75) is 18.7 Å². The van der Waals surface area contributed by atoms with Crippen LogP contribution in [0.2, 0.25) is 0 Å². The first kappa shape index (κ1) is 13.3. The van der Waals surface area contributed by atoms with Crippen LogP contribution in [0.15, 0.2) is 30.3 Å². The SMILES string of the molecule is Cc1cc(C(Br)c2cc3ccc(F)cc3s2)c(C)s1. The third-order valence-corrected chi connectivity index (χ3v) is 6.54. The topological polar surface area (TPSA) is 0 Å². The van der Waals surface area contributed by atoms with Gasteiger partial charge in [-0.1, -0.05) is 22.0 Å². The van der Waals surface area contributed by atoms with Gasteiger partial charge in [0.1, 0.15) is 5.82 Å². The first-order chi connectivity index (χ1) is 9.04. The first-order valence-electron chi connectivity index (χ1n) is 5.94. The fourth-order valence-electron chi connectivity index (χ4n) is 2.21. The summed E-state index contributed by atoms with van der Waals surface area (Å²) in [6.45, 7) is 4.27. The Hall–Kier alpha value is -0.710. The number of hydrogen-bond donors (Lipinski definition) is 0. The molecule has 0 aliphatic heterocycles. The van der Waals surface area contributed by atoms with Crippen molar-refractivity contribution < 1.29 is 4.39 Å². The van der Waals surface area contributed by atoms with E-state index < -0.39 is 0 Å². The van der Waals surface area contributed by atoms with Crippen LogP contribution in [0.3, 0.4) is 0 Å². The molecule has 19 heavy (non-hydrogen) atoms. The van der Waals surface area contributed by atoms with Gasteiger partial charge in [-0.3, -0.25) is 0 Å². The molecule has 0 fully saturated rings. The molecule has 0 radical (unpaired) electrons. The smallest absolute Gasteiger partial charge is 0.124 e. The highest BCUT2D eigenvalue weighted by Crippen LogP contribution is 2.41. The zero-order chi connectivity index (χ0) is 13.6. The number of fused-ring (bicyclic) bond motifs is 1. The van der Waals surface area contributed by atoms with Crippen molar-refractivity contribution in [3.63, 3.8) is 0 Å². The minimum Gasteiger partial charge on any atom is -0.207 e. The second-order valence-electron chi connectivity index (χ2n) is 4.56.